The molecule has 0 saturated carbocycles. The van der Waals surface area contributed by atoms with Crippen molar-refractivity contribution in [1.29, 1.82) is 0 Å². The lowest BCUT2D eigenvalue weighted by atomic mass is 10.3. The number of rotatable bonds is 9. The molecule has 2 nitrogen and oxygen atoms in total. The molecule has 20 heavy (non-hydrogen) atoms. The van der Waals surface area contributed by atoms with Crippen molar-refractivity contribution in [1.82, 2.24) is 9.97 Å². The largest absolute Gasteiger partial charge is 0.261 e. The summed E-state index contributed by atoms with van der Waals surface area (Å²) in [6.45, 7) is 0. The van der Waals surface area contributed by atoms with Gasteiger partial charge in [-0.25, -0.2) is 0 Å². The van der Waals surface area contributed by atoms with E-state index in [2.05, 4.69) is 34.2 Å². The van der Waals surface area contributed by atoms with E-state index < -0.39 is 0 Å². The molecule has 0 atom stereocenters. The summed E-state index contributed by atoms with van der Waals surface area (Å²) in [5, 5.41) is 0. The maximum absolute atomic E-state index is 4.33. The Balaban J connectivity index is 1.44. The van der Waals surface area contributed by atoms with E-state index in [9.17, 15) is 0 Å². The number of hydrogen-bond donors (Lipinski definition) is 0. The van der Waals surface area contributed by atoms with Crippen molar-refractivity contribution in [3.63, 3.8) is 0 Å². The van der Waals surface area contributed by atoms with Crippen molar-refractivity contribution in [2.45, 2.75) is 12.8 Å². The summed E-state index contributed by atoms with van der Waals surface area (Å²) in [6, 6.07) is 12.2. The summed E-state index contributed by atoms with van der Waals surface area (Å²) in [7, 11) is 0. The second-order valence-corrected chi connectivity index (χ2v) is 6.82. The van der Waals surface area contributed by atoms with Gasteiger partial charge in [-0.05, 0) is 48.6 Å². The van der Waals surface area contributed by atoms with Crippen molar-refractivity contribution in [3.05, 3.63) is 60.2 Å². The van der Waals surface area contributed by atoms with Crippen LogP contribution < -0.4 is 0 Å². The first kappa shape index (κ1) is 15.4. The Morgan fingerprint density at radius 2 is 1.15 bits per heavy atom. The average Bonchev–Trinajstić information content (AvgIpc) is 2.52. The Kier molecular flexibility index (Phi) is 7.57. The molecule has 4 heteroatoms. The molecule has 2 heterocycles. The molecule has 0 N–H and O–H groups in total. The van der Waals surface area contributed by atoms with Gasteiger partial charge in [0.1, 0.15) is 0 Å². The molecular formula is C16H20N2S2. The maximum atomic E-state index is 4.33. The van der Waals surface area contributed by atoms with E-state index in [-0.39, 0.29) is 0 Å². The van der Waals surface area contributed by atoms with Gasteiger partial charge < -0.3 is 0 Å². The van der Waals surface area contributed by atoms with Crippen LogP contribution in [0.5, 0.6) is 0 Å². The smallest absolute Gasteiger partial charge is 0.0411 e. The Hall–Kier alpha value is -1.00. The number of aryl methyl sites for hydroxylation is 2. The first-order valence-electron chi connectivity index (χ1n) is 6.90. The van der Waals surface area contributed by atoms with Crippen LogP contribution in [-0.2, 0) is 12.8 Å². The molecule has 0 radical (unpaired) electrons. The molecule has 0 bridgehead atoms. The minimum absolute atomic E-state index is 1.07. The van der Waals surface area contributed by atoms with Gasteiger partial charge in [-0.15, -0.1) is 0 Å². The first-order valence-corrected chi connectivity index (χ1v) is 9.21. The van der Waals surface area contributed by atoms with E-state index in [4.69, 9.17) is 0 Å². The summed E-state index contributed by atoms with van der Waals surface area (Å²) in [5.74, 6) is 4.77. The predicted octanol–water partition coefficient (Wildman–Crippen LogP) is 3.73. The standard InChI is InChI=1S/C16H20N2S2/c1-3-9-17-15(5-1)7-11-19-13-14-20-12-8-16-6-2-4-10-18-16/h1-6,9-10H,7-8,11-14H2. The highest BCUT2D eigenvalue weighted by Gasteiger charge is 1.96. The van der Waals surface area contributed by atoms with E-state index >= 15 is 0 Å². The van der Waals surface area contributed by atoms with Crippen LogP contribution in [0.3, 0.4) is 0 Å². The molecule has 0 unspecified atom stereocenters. The molecule has 2 aromatic heterocycles. The minimum Gasteiger partial charge on any atom is -0.261 e. The van der Waals surface area contributed by atoms with Crippen LogP contribution in [0.25, 0.3) is 0 Å². The Morgan fingerprint density at radius 3 is 1.55 bits per heavy atom. The van der Waals surface area contributed by atoms with Crippen LogP contribution in [0.4, 0.5) is 0 Å². The highest BCUT2D eigenvalue weighted by atomic mass is 32.2. The van der Waals surface area contributed by atoms with Crippen molar-refractivity contribution in [3.8, 4) is 0 Å². The van der Waals surface area contributed by atoms with Crippen LogP contribution in [-0.4, -0.2) is 33.0 Å². The number of aromatic nitrogens is 2. The van der Waals surface area contributed by atoms with Gasteiger partial charge in [0.05, 0.1) is 0 Å². The van der Waals surface area contributed by atoms with Crippen molar-refractivity contribution in [2.24, 2.45) is 0 Å². The highest BCUT2D eigenvalue weighted by molar-refractivity contribution is 8.02. The quantitative estimate of drug-likeness (QED) is 0.659. The van der Waals surface area contributed by atoms with Gasteiger partial charge in [-0.1, -0.05) is 12.1 Å². The predicted molar refractivity (Wildman–Crippen MR) is 90.5 cm³/mol. The normalized spacial score (nSPS) is 10.6. The number of pyridine rings is 2. The molecule has 0 aromatic carbocycles. The molecule has 106 valence electrons. The second kappa shape index (κ2) is 9.83. The Bertz CT molecular complexity index is 417. The maximum Gasteiger partial charge on any atom is 0.0411 e. The van der Waals surface area contributed by atoms with Crippen LogP contribution in [0.2, 0.25) is 0 Å². The molecular weight excluding hydrogens is 284 g/mol. The molecule has 0 amide bonds. The van der Waals surface area contributed by atoms with E-state index in [0.717, 1.165) is 24.3 Å². The Morgan fingerprint density at radius 1 is 0.650 bits per heavy atom. The summed E-state index contributed by atoms with van der Waals surface area (Å²) in [6.07, 6.45) is 5.88. The van der Waals surface area contributed by atoms with Crippen LogP contribution in [0, 0.1) is 0 Å². The number of hydrogen-bond acceptors (Lipinski definition) is 4. The highest BCUT2D eigenvalue weighted by Crippen LogP contribution is 2.10. The van der Waals surface area contributed by atoms with Crippen LogP contribution in [0.1, 0.15) is 11.4 Å². The first-order chi connectivity index (χ1) is 9.95. The zero-order valence-corrected chi connectivity index (χ0v) is 13.2. The average molecular weight is 304 g/mol. The number of nitrogens with zero attached hydrogens (tertiary/aromatic N) is 2. The molecule has 0 fully saturated rings. The summed E-state index contributed by atoms with van der Waals surface area (Å²) in [4.78, 5) is 8.67. The lowest BCUT2D eigenvalue weighted by Gasteiger charge is -2.02. The fourth-order valence-corrected chi connectivity index (χ4v) is 3.83. The van der Waals surface area contributed by atoms with Crippen molar-refractivity contribution in [2.75, 3.05) is 23.0 Å². The lowest BCUT2D eigenvalue weighted by molar-refractivity contribution is 1.04. The molecule has 2 aromatic rings. The minimum atomic E-state index is 1.07. The Labute approximate surface area is 129 Å². The monoisotopic (exact) mass is 304 g/mol. The summed E-state index contributed by atoms with van der Waals surface area (Å²) >= 11 is 4.04. The fourth-order valence-electron chi connectivity index (χ4n) is 1.77. The SMILES string of the molecule is c1ccc(CCSCCSCCc2ccccn2)nc1. The molecule has 0 aliphatic carbocycles. The van der Waals surface area contributed by atoms with Crippen molar-refractivity contribution >= 4 is 23.5 Å². The lowest BCUT2D eigenvalue weighted by Crippen LogP contribution is -1.96. The van der Waals surface area contributed by atoms with E-state index in [1.807, 2.05) is 48.1 Å². The van der Waals surface area contributed by atoms with Gasteiger partial charge >= 0.3 is 0 Å². The second-order valence-electron chi connectivity index (χ2n) is 4.37. The fraction of sp³-hybridized carbons (Fsp3) is 0.375. The molecule has 0 saturated heterocycles. The molecule has 0 aliphatic heterocycles. The molecule has 2 rings (SSSR count). The molecule has 0 spiro atoms. The van der Waals surface area contributed by atoms with Gasteiger partial charge in [0.15, 0.2) is 0 Å². The van der Waals surface area contributed by atoms with Crippen LogP contribution in [0.15, 0.2) is 48.8 Å². The summed E-state index contributed by atoms with van der Waals surface area (Å²) in [5.41, 5.74) is 2.39. The van der Waals surface area contributed by atoms with Gasteiger partial charge in [0.25, 0.3) is 0 Å². The third kappa shape index (κ3) is 6.44. The zero-order valence-electron chi connectivity index (χ0n) is 11.6. The topological polar surface area (TPSA) is 25.8 Å². The number of thioether (sulfide) groups is 2. The van der Waals surface area contributed by atoms with Crippen LogP contribution >= 0.6 is 23.5 Å². The molecule has 0 aliphatic rings. The zero-order chi connectivity index (χ0) is 13.9. The third-order valence-electron chi connectivity index (χ3n) is 2.83. The van der Waals surface area contributed by atoms with E-state index in [0.29, 0.717) is 0 Å². The summed E-state index contributed by atoms with van der Waals surface area (Å²) < 4.78 is 0. The van der Waals surface area contributed by atoms with Gasteiger partial charge in [-0.3, -0.25) is 9.97 Å². The van der Waals surface area contributed by atoms with E-state index in [1.165, 1.54) is 22.9 Å². The van der Waals surface area contributed by atoms with Gasteiger partial charge in [-0.2, -0.15) is 23.5 Å². The van der Waals surface area contributed by atoms with Crippen molar-refractivity contribution < 1.29 is 0 Å². The van der Waals surface area contributed by atoms with E-state index in [1.54, 1.807) is 0 Å². The third-order valence-corrected chi connectivity index (χ3v) is 5.06. The van der Waals surface area contributed by atoms with Gasteiger partial charge in [0, 0.05) is 35.3 Å². The van der Waals surface area contributed by atoms with Gasteiger partial charge in [0.2, 0.25) is 0 Å².